The van der Waals surface area contributed by atoms with Gasteiger partial charge >= 0.3 is 6.09 Å². The second-order valence-electron chi connectivity index (χ2n) is 3.58. The normalized spacial score (nSPS) is 18.3. The number of ether oxygens (including phenoxy) is 1. The van der Waals surface area contributed by atoms with E-state index < -0.39 is 22.9 Å². The van der Waals surface area contributed by atoms with Gasteiger partial charge in [0.05, 0.1) is 17.6 Å². The minimum absolute atomic E-state index is 0. The Bertz CT molecular complexity index is 483. The van der Waals surface area contributed by atoms with Crippen LogP contribution in [-0.4, -0.2) is 17.6 Å². The highest BCUT2D eigenvalue weighted by atomic mass is 35.5. The lowest BCUT2D eigenvalue weighted by molar-refractivity contribution is -0.385. The molecule has 8 heteroatoms. The van der Waals surface area contributed by atoms with E-state index in [9.17, 15) is 19.3 Å². The maximum Gasteiger partial charge on any atom is 0.407 e. The number of benzene rings is 1. The van der Waals surface area contributed by atoms with Gasteiger partial charge in [0.25, 0.3) is 5.69 Å². The molecule has 1 aliphatic heterocycles. The number of nitro benzene ring substituents is 1. The van der Waals surface area contributed by atoms with E-state index in [1.165, 1.54) is 0 Å². The van der Waals surface area contributed by atoms with Gasteiger partial charge in [-0.15, -0.1) is 12.4 Å². The van der Waals surface area contributed by atoms with Gasteiger partial charge in [-0.2, -0.15) is 0 Å². The van der Waals surface area contributed by atoms with E-state index in [0.29, 0.717) is 6.42 Å². The van der Waals surface area contributed by atoms with Crippen LogP contribution < -0.4 is 5.32 Å². The topological polar surface area (TPSA) is 81.5 Å². The van der Waals surface area contributed by atoms with Gasteiger partial charge < -0.3 is 10.1 Å². The molecular weight excluding hydrogens is 267 g/mol. The largest absolute Gasteiger partial charge is 0.449 e. The maximum absolute atomic E-state index is 13.5. The molecule has 0 aromatic heterocycles. The van der Waals surface area contributed by atoms with Crippen LogP contribution in [0.15, 0.2) is 18.2 Å². The summed E-state index contributed by atoms with van der Waals surface area (Å²) in [6.45, 7) is 0.165. The quantitative estimate of drug-likeness (QED) is 0.664. The fraction of sp³-hybridized carbons (Fsp3) is 0.300. The summed E-state index contributed by atoms with van der Waals surface area (Å²) in [5.74, 6) is -0.581. The van der Waals surface area contributed by atoms with Crippen molar-refractivity contribution in [3.05, 3.63) is 39.7 Å². The molecule has 0 bridgehead atoms. The highest BCUT2D eigenvalue weighted by molar-refractivity contribution is 5.85. The number of nitrogens with zero attached hydrogens (tertiary/aromatic N) is 1. The number of non-ortho nitro benzene ring substituents is 1. The highest BCUT2D eigenvalue weighted by Gasteiger charge is 2.25. The fourth-order valence-corrected chi connectivity index (χ4v) is 1.67. The van der Waals surface area contributed by atoms with Crippen LogP contribution in [0.1, 0.15) is 18.0 Å². The second-order valence-corrected chi connectivity index (χ2v) is 3.58. The Morgan fingerprint density at radius 2 is 2.22 bits per heavy atom. The number of nitro groups is 1. The minimum Gasteiger partial charge on any atom is -0.449 e. The second kappa shape index (κ2) is 5.63. The number of hydrogen-bond donors (Lipinski definition) is 1. The molecule has 1 heterocycles. The molecular formula is C10H10ClFN2O4. The monoisotopic (exact) mass is 276 g/mol. The molecule has 1 amide bonds. The Kier molecular flexibility index (Phi) is 4.43. The third-order valence-electron chi connectivity index (χ3n) is 2.50. The number of nitrogens with one attached hydrogen (secondary N) is 1. The van der Waals surface area contributed by atoms with E-state index in [2.05, 4.69) is 10.1 Å². The van der Waals surface area contributed by atoms with E-state index in [4.69, 9.17) is 0 Å². The molecule has 1 atom stereocenters. The van der Waals surface area contributed by atoms with Crippen molar-refractivity contribution in [2.24, 2.45) is 0 Å². The molecule has 1 aromatic carbocycles. The van der Waals surface area contributed by atoms with Crippen molar-refractivity contribution in [2.75, 3.05) is 6.61 Å². The summed E-state index contributed by atoms with van der Waals surface area (Å²) < 4.78 is 18.2. The summed E-state index contributed by atoms with van der Waals surface area (Å²) in [4.78, 5) is 21.0. The number of amides is 1. The minimum atomic E-state index is -0.646. The molecule has 1 saturated heterocycles. The summed E-state index contributed by atoms with van der Waals surface area (Å²) in [7, 11) is 0. The van der Waals surface area contributed by atoms with Crippen LogP contribution in [0.5, 0.6) is 0 Å². The van der Waals surface area contributed by atoms with Gasteiger partial charge in [-0.3, -0.25) is 10.1 Å². The number of carbonyl (C=O) groups is 1. The fourth-order valence-electron chi connectivity index (χ4n) is 1.67. The molecule has 2 rings (SSSR count). The maximum atomic E-state index is 13.5. The third kappa shape index (κ3) is 2.86. The zero-order valence-electron chi connectivity index (χ0n) is 9.09. The predicted molar refractivity (Wildman–Crippen MR) is 62.1 cm³/mol. The number of alkyl carbamates (subject to hydrolysis) is 1. The number of hydrogen-bond acceptors (Lipinski definition) is 4. The van der Waals surface area contributed by atoms with Gasteiger partial charge in [0.2, 0.25) is 0 Å². The van der Waals surface area contributed by atoms with Gasteiger partial charge in [0.15, 0.2) is 0 Å². The lowest BCUT2D eigenvalue weighted by Gasteiger charge is -2.23. The average molecular weight is 277 g/mol. The number of rotatable bonds is 2. The molecule has 0 saturated carbocycles. The first-order valence-electron chi connectivity index (χ1n) is 4.95. The summed E-state index contributed by atoms with van der Waals surface area (Å²) in [5, 5.41) is 13.0. The Labute approximate surface area is 108 Å². The molecule has 0 aliphatic carbocycles. The molecule has 1 N–H and O–H groups in total. The SMILES string of the molecule is Cl.O=C1N[C@H](c2cc([N+](=O)[O-])ccc2F)CCO1. The van der Waals surface area contributed by atoms with E-state index in [-0.39, 0.29) is 30.3 Å². The van der Waals surface area contributed by atoms with Crippen molar-refractivity contribution in [1.82, 2.24) is 5.32 Å². The molecule has 0 unspecified atom stereocenters. The molecule has 0 radical (unpaired) electrons. The number of cyclic esters (lactones) is 1. The molecule has 1 fully saturated rings. The first-order chi connectivity index (χ1) is 8.08. The van der Waals surface area contributed by atoms with Crippen molar-refractivity contribution >= 4 is 24.2 Å². The van der Waals surface area contributed by atoms with Crippen LogP contribution in [0.2, 0.25) is 0 Å². The van der Waals surface area contributed by atoms with Gasteiger partial charge in [0.1, 0.15) is 5.82 Å². The van der Waals surface area contributed by atoms with Crippen molar-refractivity contribution in [1.29, 1.82) is 0 Å². The molecule has 0 spiro atoms. The van der Waals surface area contributed by atoms with Crippen LogP contribution in [0, 0.1) is 15.9 Å². The molecule has 98 valence electrons. The molecule has 18 heavy (non-hydrogen) atoms. The smallest absolute Gasteiger partial charge is 0.407 e. The van der Waals surface area contributed by atoms with Crippen LogP contribution in [0.3, 0.4) is 0 Å². The number of carbonyl (C=O) groups excluding carboxylic acids is 1. The zero-order valence-corrected chi connectivity index (χ0v) is 9.91. The van der Waals surface area contributed by atoms with Crippen LogP contribution in [0.4, 0.5) is 14.9 Å². The van der Waals surface area contributed by atoms with Crippen molar-refractivity contribution < 1.29 is 18.8 Å². The summed E-state index contributed by atoms with van der Waals surface area (Å²) >= 11 is 0. The lowest BCUT2D eigenvalue weighted by Crippen LogP contribution is -2.35. The Morgan fingerprint density at radius 1 is 1.50 bits per heavy atom. The first-order valence-corrected chi connectivity index (χ1v) is 4.95. The van der Waals surface area contributed by atoms with Gasteiger partial charge in [0, 0.05) is 24.1 Å². The van der Waals surface area contributed by atoms with Gasteiger partial charge in [-0.25, -0.2) is 9.18 Å². The van der Waals surface area contributed by atoms with Crippen molar-refractivity contribution in [2.45, 2.75) is 12.5 Å². The Morgan fingerprint density at radius 3 is 2.83 bits per heavy atom. The van der Waals surface area contributed by atoms with Crippen molar-refractivity contribution in [3.8, 4) is 0 Å². The van der Waals surface area contributed by atoms with E-state index in [1.807, 2.05) is 0 Å². The van der Waals surface area contributed by atoms with Gasteiger partial charge in [-0.1, -0.05) is 0 Å². The predicted octanol–water partition coefficient (Wildman–Crippen LogP) is 2.33. The Hall–Kier alpha value is -1.89. The molecule has 6 nitrogen and oxygen atoms in total. The summed E-state index contributed by atoms with van der Waals surface area (Å²) in [6, 6.07) is 2.65. The average Bonchev–Trinajstić information content (AvgIpc) is 2.29. The summed E-state index contributed by atoms with van der Waals surface area (Å²) in [5.41, 5.74) is -0.0991. The third-order valence-corrected chi connectivity index (χ3v) is 2.50. The van der Waals surface area contributed by atoms with E-state index in [0.717, 1.165) is 18.2 Å². The summed E-state index contributed by atoms with van der Waals surface area (Å²) in [6.07, 6.45) is -0.267. The molecule has 1 aromatic rings. The molecule has 1 aliphatic rings. The van der Waals surface area contributed by atoms with E-state index >= 15 is 0 Å². The first kappa shape index (κ1) is 14.2. The highest BCUT2D eigenvalue weighted by Crippen LogP contribution is 2.26. The van der Waals surface area contributed by atoms with Crippen LogP contribution >= 0.6 is 12.4 Å². The number of halogens is 2. The van der Waals surface area contributed by atoms with Crippen LogP contribution in [-0.2, 0) is 4.74 Å². The Balaban J connectivity index is 0.00000162. The van der Waals surface area contributed by atoms with Crippen LogP contribution in [0.25, 0.3) is 0 Å². The van der Waals surface area contributed by atoms with Gasteiger partial charge in [-0.05, 0) is 6.07 Å². The van der Waals surface area contributed by atoms with Crippen molar-refractivity contribution in [3.63, 3.8) is 0 Å². The van der Waals surface area contributed by atoms with E-state index in [1.54, 1.807) is 0 Å². The lowest BCUT2D eigenvalue weighted by atomic mass is 10.0. The standard InChI is InChI=1S/C10H9FN2O4.ClH/c11-8-2-1-6(13(15)16)5-7(8)9-3-4-17-10(14)12-9;/h1-2,5,9H,3-4H2,(H,12,14);1H/t9-;/m0./s1. The zero-order chi connectivity index (χ0) is 12.4.